The number of nitrogens with one attached hydrogen (secondary N) is 2. The van der Waals surface area contributed by atoms with Crippen molar-refractivity contribution in [2.75, 3.05) is 12.4 Å². The molecule has 1 heterocycles. The van der Waals surface area contributed by atoms with Crippen molar-refractivity contribution < 1.29 is 18.9 Å². The van der Waals surface area contributed by atoms with Crippen molar-refractivity contribution in [3.8, 4) is 17.1 Å². The summed E-state index contributed by atoms with van der Waals surface area (Å²) in [6.45, 7) is 4.03. The maximum atomic E-state index is 12.5. The number of furan rings is 1. The van der Waals surface area contributed by atoms with Gasteiger partial charge in [0.1, 0.15) is 11.5 Å². The first-order chi connectivity index (χ1) is 14.3. The molecule has 2 aromatic carbocycles. The molecule has 154 valence electrons. The van der Waals surface area contributed by atoms with Crippen molar-refractivity contribution in [2.24, 2.45) is 0 Å². The Morgan fingerprint density at radius 1 is 1.10 bits per heavy atom. The first kappa shape index (κ1) is 21.0. The molecule has 1 amide bonds. The van der Waals surface area contributed by atoms with Gasteiger partial charge >= 0.3 is 0 Å². The number of hydrogen-bond donors (Lipinski definition) is 2. The van der Waals surface area contributed by atoms with E-state index in [-0.39, 0.29) is 22.3 Å². The third-order valence-corrected chi connectivity index (χ3v) is 4.70. The Balaban J connectivity index is 1.69. The summed E-state index contributed by atoms with van der Waals surface area (Å²) in [6.07, 6.45) is 0. The highest BCUT2D eigenvalue weighted by Crippen LogP contribution is 2.29. The van der Waals surface area contributed by atoms with Crippen molar-refractivity contribution in [3.05, 3.63) is 75.5 Å². The van der Waals surface area contributed by atoms with Gasteiger partial charge in [-0.25, -0.2) is 0 Å². The van der Waals surface area contributed by atoms with Crippen molar-refractivity contribution in [3.63, 3.8) is 0 Å². The molecule has 1 aromatic heterocycles. The topological polar surface area (TPSA) is 107 Å². The van der Waals surface area contributed by atoms with Gasteiger partial charge < -0.3 is 14.5 Å². The fraction of sp³-hybridized carbons (Fsp3) is 0.143. The summed E-state index contributed by atoms with van der Waals surface area (Å²) < 4.78 is 10.8. The number of nitro benzene ring substituents is 1. The van der Waals surface area contributed by atoms with Crippen molar-refractivity contribution in [1.82, 2.24) is 5.32 Å². The van der Waals surface area contributed by atoms with E-state index in [9.17, 15) is 14.9 Å². The quantitative estimate of drug-likeness (QED) is 0.349. The van der Waals surface area contributed by atoms with Gasteiger partial charge in [0.05, 0.1) is 23.8 Å². The zero-order valence-electron chi connectivity index (χ0n) is 16.5. The summed E-state index contributed by atoms with van der Waals surface area (Å²) in [5.74, 6) is 0.362. The highest BCUT2D eigenvalue weighted by Gasteiger charge is 2.16. The summed E-state index contributed by atoms with van der Waals surface area (Å²) in [7, 11) is 1.38. The van der Waals surface area contributed by atoms with E-state index in [1.54, 1.807) is 12.1 Å². The third-order valence-electron chi connectivity index (χ3n) is 4.49. The van der Waals surface area contributed by atoms with Crippen molar-refractivity contribution in [1.29, 1.82) is 0 Å². The molecule has 9 heteroatoms. The van der Waals surface area contributed by atoms with Crippen LogP contribution >= 0.6 is 12.2 Å². The lowest BCUT2D eigenvalue weighted by atomic mass is 10.1. The number of aryl methyl sites for hydroxylation is 2. The van der Waals surface area contributed by atoms with Gasteiger partial charge in [-0.2, -0.15) is 0 Å². The van der Waals surface area contributed by atoms with Crippen molar-refractivity contribution >= 4 is 34.6 Å². The Morgan fingerprint density at radius 3 is 2.53 bits per heavy atom. The average molecular weight is 425 g/mol. The second-order valence-electron chi connectivity index (χ2n) is 6.51. The molecule has 3 aromatic rings. The van der Waals surface area contributed by atoms with Crippen LogP contribution < -0.4 is 15.4 Å². The van der Waals surface area contributed by atoms with Crippen LogP contribution in [0.2, 0.25) is 0 Å². The van der Waals surface area contributed by atoms with Crippen LogP contribution in [0.1, 0.15) is 21.7 Å². The molecule has 3 rings (SSSR count). The Morgan fingerprint density at radius 2 is 1.87 bits per heavy atom. The molecular weight excluding hydrogens is 406 g/mol. The maximum absolute atomic E-state index is 12.5. The molecule has 2 N–H and O–H groups in total. The van der Waals surface area contributed by atoms with Crippen LogP contribution in [0.4, 0.5) is 11.4 Å². The van der Waals surface area contributed by atoms with Crippen LogP contribution in [0.25, 0.3) is 11.3 Å². The standard InChI is InChI=1S/C21H19N3O5S/c1-12-4-5-14(10-13(12)2)17-8-9-18(29-17)20(25)23-21(30)22-16-7-6-15(24(26)27)11-19(16)28-3/h4-11H,1-3H3,(H2,22,23,25,30). The molecule has 0 bridgehead atoms. The summed E-state index contributed by atoms with van der Waals surface area (Å²) in [5.41, 5.74) is 3.41. The van der Waals surface area contributed by atoms with Crippen LogP contribution in [0.3, 0.4) is 0 Å². The number of carbonyl (C=O) groups excluding carboxylic acids is 1. The fourth-order valence-corrected chi connectivity index (χ4v) is 2.93. The van der Waals surface area contributed by atoms with Gasteiger partial charge in [-0.1, -0.05) is 12.1 Å². The minimum atomic E-state index is -0.531. The number of anilines is 1. The van der Waals surface area contributed by atoms with Crippen LogP contribution in [0, 0.1) is 24.0 Å². The van der Waals surface area contributed by atoms with Crippen molar-refractivity contribution in [2.45, 2.75) is 13.8 Å². The van der Waals surface area contributed by atoms with Gasteiger partial charge in [-0.3, -0.25) is 20.2 Å². The average Bonchev–Trinajstić information content (AvgIpc) is 3.20. The lowest BCUT2D eigenvalue weighted by Crippen LogP contribution is -2.34. The van der Waals surface area contributed by atoms with Crippen LogP contribution in [-0.4, -0.2) is 23.1 Å². The second-order valence-corrected chi connectivity index (χ2v) is 6.92. The van der Waals surface area contributed by atoms with Crippen LogP contribution in [0.15, 0.2) is 52.9 Å². The second kappa shape index (κ2) is 8.75. The number of carbonyl (C=O) groups is 1. The molecule has 0 radical (unpaired) electrons. The number of methoxy groups -OCH3 is 1. The van der Waals surface area contributed by atoms with E-state index in [4.69, 9.17) is 21.4 Å². The number of non-ortho nitro benzene ring substituents is 1. The van der Waals surface area contributed by atoms with E-state index in [0.717, 1.165) is 11.1 Å². The summed E-state index contributed by atoms with van der Waals surface area (Å²) in [6, 6.07) is 13.2. The number of amides is 1. The van der Waals surface area contributed by atoms with Gasteiger partial charge in [0.15, 0.2) is 10.9 Å². The van der Waals surface area contributed by atoms with Crippen LogP contribution in [-0.2, 0) is 0 Å². The Labute approximate surface area is 178 Å². The largest absolute Gasteiger partial charge is 0.494 e. The highest BCUT2D eigenvalue weighted by molar-refractivity contribution is 7.80. The molecule has 0 spiro atoms. The van der Waals surface area contributed by atoms with E-state index in [1.807, 2.05) is 32.0 Å². The number of rotatable bonds is 5. The lowest BCUT2D eigenvalue weighted by molar-refractivity contribution is -0.384. The number of thiocarbonyl (C=S) groups is 1. The van der Waals surface area contributed by atoms with E-state index in [1.165, 1.54) is 30.9 Å². The number of benzene rings is 2. The minimum Gasteiger partial charge on any atom is -0.494 e. The fourth-order valence-electron chi connectivity index (χ4n) is 2.72. The first-order valence-corrected chi connectivity index (χ1v) is 9.31. The van der Waals surface area contributed by atoms with Gasteiger partial charge in [-0.05, 0) is 61.5 Å². The molecule has 0 fully saturated rings. The van der Waals surface area contributed by atoms with E-state index in [2.05, 4.69) is 10.6 Å². The summed E-state index contributed by atoms with van der Waals surface area (Å²) in [4.78, 5) is 22.8. The molecule has 0 aliphatic heterocycles. The monoisotopic (exact) mass is 425 g/mol. The molecule has 0 aliphatic carbocycles. The highest BCUT2D eigenvalue weighted by atomic mass is 32.1. The number of ether oxygens (including phenoxy) is 1. The van der Waals surface area contributed by atoms with Gasteiger partial charge in [-0.15, -0.1) is 0 Å². The van der Waals surface area contributed by atoms with E-state index in [0.29, 0.717) is 11.4 Å². The summed E-state index contributed by atoms with van der Waals surface area (Å²) >= 11 is 5.16. The summed E-state index contributed by atoms with van der Waals surface area (Å²) in [5, 5.41) is 16.2. The molecule has 0 saturated carbocycles. The smallest absolute Gasteiger partial charge is 0.293 e. The molecule has 0 saturated heterocycles. The lowest BCUT2D eigenvalue weighted by Gasteiger charge is -2.12. The maximum Gasteiger partial charge on any atom is 0.293 e. The third kappa shape index (κ3) is 4.64. The Bertz CT molecular complexity index is 1140. The number of nitrogens with zero attached hydrogens (tertiary/aromatic N) is 1. The van der Waals surface area contributed by atoms with Gasteiger partial charge in [0.2, 0.25) is 0 Å². The first-order valence-electron chi connectivity index (χ1n) is 8.90. The van der Waals surface area contributed by atoms with Crippen LogP contribution in [0.5, 0.6) is 5.75 Å². The molecular formula is C21H19N3O5S. The zero-order valence-corrected chi connectivity index (χ0v) is 17.3. The number of hydrogen-bond acceptors (Lipinski definition) is 6. The molecule has 0 unspecified atom stereocenters. The minimum absolute atomic E-state index is 0.00344. The SMILES string of the molecule is COc1cc([N+](=O)[O-])ccc1NC(=S)NC(=O)c1ccc(-c2ccc(C)c(C)c2)o1. The van der Waals surface area contributed by atoms with E-state index < -0.39 is 10.8 Å². The molecule has 0 atom stereocenters. The molecule has 8 nitrogen and oxygen atoms in total. The Kier molecular flexibility index (Phi) is 6.12. The molecule has 0 aliphatic rings. The Hall–Kier alpha value is -3.72. The van der Waals surface area contributed by atoms with Gasteiger partial charge in [0.25, 0.3) is 11.6 Å². The normalized spacial score (nSPS) is 10.4. The predicted molar refractivity (Wildman–Crippen MR) is 117 cm³/mol. The number of nitro groups is 1. The van der Waals surface area contributed by atoms with E-state index >= 15 is 0 Å². The predicted octanol–water partition coefficient (Wildman–Crippen LogP) is 4.61. The van der Waals surface area contributed by atoms with Gasteiger partial charge in [0, 0.05) is 11.6 Å². The zero-order chi connectivity index (χ0) is 21.8. The molecule has 30 heavy (non-hydrogen) atoms.